The van der Waals surface area contributed by atoms with Gasteiger partial charge in [-0.2, -0.15) is 0 Å². The van der Waals surface area contributed by atoms with E-state index in [4.69, 9.17) is 16.7 Å². The molecular formula is C10H11ClO3. The number of aromatic hydroxyl groups is 1. The van der Waals surface area contributed by atoms with Crippen LogP contribution < -0.4 is 0 Å². The van der Waals surface area contributed by atoms with Gasteiger partial charge in [-0.15, -0.1) is 0 Å². The summed E-state index contributed by atoms with van der Waals surface area (Å²) in [5.74, 6) is -1.37. The van der Waals surface area contributed by atoms with Crippen molar-refractivity contribution in [2.75, 3.05) is 0 Å². The summed E-state index contributed by atoms with van der Waals surface area (Å²) >= 11 is 5.69. The smallest absolute Gasteiger partial charge is 0.339 e. The molecule has 4 heteroatoms. The lowest BCUT2D eigenvalue weighted by Gasteiger charge is -2.09. The summed E-state index contributed by atoms with van der Waals surface area (Å²) in [5, 5.41) is 18.2. The van der Waals surface area contributed by atoms with E-state index in [9.17, 15) is 9.90 Å². The van der Waals surface area contributed by atoms with E-state index in [0.29, 0.717) is 0 Å². The van der Waals surface area contributed by atoms with E-state index in [1.54, 1.807) is 6.07 Å². The third-order valence-electron chi connectivity index (χ3n) is 1.98. The lowest BCUT2D eigenvalue weighted by atomic mass is 10.0. The number of carboxylic acid groups (broad SMARTS) is 1. The Morgan fingerprint density at radius 1 is 1.43 bits per heavy atom. The fraction of sp³-hybridized carbons (Fsp3) is 0.300. The van der Waals surface area contributed by atoms with Crippen LogP contribution in [-0.4, -0.2) is 16.2 Å². The molecule has 0 aliphatic heterocycles. The van der Waals surface area contributed by atoms with Crippen LogP contribution in [0, 0.1) is 0 Å². The van der Waals surface area contributed by atoms with E-state index in [2.05, 4.69) is 0 Å². The average Bonchev–Trinajstić information content (AvgIpc) is 2.08. The highest BCUT2D eigenvalue weighted by atomic mass is 35.5. The number of benzene rings is 1. The molecule has 0 saturated heterocycles. The summed E-state index contributed by atoms with van der Waals surface area (Å²) in [6.07, 6.45) is 0. The molecule has 0 aliphatic rings. The molecule has 3 nitrogen and oxygen atoms in total. The summed E-state index contributed by atoms with van der Waals surface area (Å²) in [4.78, 5) is 10.7. The van der Waals surface area contributed by atoms with E-state index in [-0.39, 0.29) is 22.3 Å². The number of hydrogen-bond donors (Lipinski definition) is 2. The standard InChI is InChI=1S/C10H11ClO3/c1-5(2)6-3-7(10(13)14)9(12)8(11)4-6/h3-5,12H,1-2H3,(H,13,14). The molecule has 0 heterocycles. The molecule has 2 N–H and O–H groups in total. The molecule has 0 spiro atoms. The molecule has 0 aliphatic carbocycles. The van der Waals surface area contributed by atoms with Crippen LogP contribution >= 0.6 is 11.6 Å². The van der Waals surface area contributed by atoms with Crippen LogP contribution in [0.2, 0.25) is 5.02 Å². The van der Waals surface area contributed by atoms with Crippen LogP contribution in [0.5, 0.6) is 5.75 Å². The van der Waals surface area contributed by atoms with Crippen molar-refractivity contribution < 1.29 is 15.0 Å². The van der Waals surface area contributed by atoms with Gasteiger partial charge in [-0.1, -0.05) is 25.4 Å². The van der Waals surface area contributed by atoms with Crippen molar-refractivity contribution in [2.45, 2.75) is 19.8 Å². The average molecular weight is 215 g/mol. The molecule has 0 atom stereocenters. The Kier molecular flexibility index (Phi) is 3.01. The van der Waals surface area contributed by atoms with Gasteiger partial charge in [0, 0.05) is 0 Å². The van der Waals surface area contributed by atoms with Gasteiger partial charge in [-0.3, -0.25) is 0 Å². The number of hydrogen-bond acceptors (Lipinski definition) is 2. The minimum Gasteiger partial charge on any atom is -0.505 e. The quantitative estimate of drug-likeness (QED) is 0.796. The van der Waals surface area contributed by atoms with Crippen molar-refractivity contribution in [1.29, 1.82) is 0 Å². The highest BCUT2D eigenvalue weighted by Crippen LogP contribution is 2.31. The second-order valence-electron chi connectivity index (χ2n) is 3.36. The molecule has 1 rings (SSSR count). The van der Waals surface area contributed by atoms with E-state index < -0.39 is 5.97 Å². The Balaban J connectivity index is 3.35. The summed E-state index contributed by atoms with van der Waals surface area (Å²) in [7, 11) is 0. The van der Waals surface area contributed by atoms with Crippen molar-refractivity contribution >= 4 is 17.6 Å². The predicted octanol–water partition coefficient (Wildman–Crippen LogP) is 2.87. The van der Waals surface area contributed by atoms with Gasteiger partial charge < -0.3 is 10.2 Å². The topological polar surface area (TPSA) is 57.5 Å². The highest BCUT2D eigenvalue weighted by molar-refractivity contribution is 6.32. The molecule has 1 aromatic rings. The second-order valence-corrected chi connectivity index (χ2v) is 3.77. The molecule has 0 radical (unpaired) electrons. The Hall–Kier alpha value is -1.22. The van der Waals surface area contributed by atoms with Crippen molar-refractivity contribution in [2.24, 2.45) is 0 Å². The molecule has 14 heavy (non-hydrogen) atoms. The normalized spacial score (nSPS) is 10.6. The van der Waals surface area contributed by atoms with E-state index in [0.717, 1.165) is 5.56 Å². The van der Waals surface area contributed by atoms with Gasteiger partial charge in [0.25, 0.3) is 0 Å². The fourth-order valence-corrected chi connectivity index (χ4v) is 1.34. The first-order chi connectivity index (χ1) is 6.43. The number of rotatable bonds is 2. The van der Waals surface area contributed by atoms with Crippen LogP contribution in [-0.2, 0) is 0 Å². The summed E-state index contributed by atoms with van der Waals surface area (Å²) < 4.78 is 0. The maximum absolute atomic E-state index is 10.7. The third kappa shape index (κ3) is 1.99. The monoisotopic (exact) mass is 214 g/mol. The summed E-state index contributed by atoms with van der Waals surface area (Å²) in [6.45, 7) is 3.85. The maximum atomic E-state index is 10.7. The zero-order valence-corrected chi connectivity index (χ0v) is 8.67. The Morgan fingerprint density at radius 2 is 2.00 bits per heavy atom. The van der Waals surface area contributed by atoms with Crippen LogP contribution in [0.1, 0.15) is 35.7 Å². The molecule has 0 unspecified atom stereocenters. The number of carboxylic acids is 1. The number of carbonyl (C=O) groups is 1. The molecule has 0 amide bonds. The number of halogens is 1. The molecule has 1 aromatic carbocycles. The van der Waals surface area contributed by atoms with Crippen LogP contribution in [0.15, 0.2) is 12.1 Å². The van der Waals surface area contributed by atoms with Gasteiger partial charge >= 0.3 is 5.97 Å². The predicted molar refractivity (Wildman–Crippen MR) is 54.2 cm³/mol. The van der Waals surface area contributed by atoms with Crippen LogP contribution in [0.4, 0.5) is 0 Å². The lowest BCUT2D eigenvalue weighted by molar-refractivity contribution is 0.0693. The molecule has 0 fully saturated rings. The number of aromatic carboxylic acids is 1. The van der Waals surface area contributed by atoms with E-state index in [1.165, 1.54) is 6.07 Å². The van der Waals surface area contributed by atoms with Crippen LogP contribution in [0.3, 0.4) is 0 Å². The van der Waals surface area contributed by atoms with Crippen molar-refractivity contribution in [3.8, 4) is 5.75 Å². The van der Waals surface area contributed by atoms with Crippen molar-refractivity contribution in [3.05, 3.63) is 28.3 Å². The second kappa shape index (κ2) is 3.88. The van der Waals surface area contributed by atoms with E-state index in [1.807, 2.05) is 13.8 Å². The first-order valence-electron chi connectivity index (χ1n) is 4.19. The largest absolute Gasteiger partial charge is 0.505 e. The SMILES string of the molecule is CC(C)c1cc(Cl)c(O)c(C(=O)O)c1. The minimum absolute atomic E-state index is 0.0774. The first-order valence-corrected chi connectivity index (χ1v) is 4.57. The number of phenols is 1. The zero-order valence-electron chi connectivity index (χ0n) is 7.91. The molecule has 0 aromatic heterocycles. The minimum atomic E-state index is -1.17. The first kappa shape index (κ1) is 10.9. The summed E-state index contributed by atoms with van der Waals surface area (Å²) in [5.41, 5.74) is 0.645. The van der Waals surface area contributed by atoms with Gasteiger partial charge in [-0.25, -0.2) is 4.79 Å². The summed E-state index contributed by atoms with van der Waals surface area (Å²) in [6, 6.07) is 3.02. The van der Waals surface area contributed by atoms with Gasteiger partial charge in [0.2, 0.25) is 0 Å². The third-order valence-corrected chi connectivity index (χ3v) is 2.27. The maximum Gasteiger partial charge on any atom is 0.339 e. The van der Waals surface area contributed by atoms with Crippen molar-refractivity contribution in [1.82, 2.24) is 0 Å². The van der Waals surface area contributed by atoms with Gasteiger partial charge in [0.15, 0.2) is 0 Å². The van der Waals surface area contributed by atoms with Gasteiger partial charge in [0.1, 0.15) is 11.3 Å². The molecule has 0 bridgehead atoms. The highest BCUT2D eigenvalue weighted by Gasteiger charge is 2.15. The van der Waals surface area contributed by atoms with Crippen LogP contribution in [0.25, 0.3) is 0 Å². The Bertz CT molecular complexity index is 372. The van der Waals surface area contributed by atoms with Gasteiger partial charge in [-0.05, 0) is 23.6 Å². The Labute approximate surface area is 86.9 Å². The zero-order chi connectivity index (χ0) is 10.9. The fourth-order valence-electron chi connectivity index (χ4n) is 1.12. The van der Waals surface area contributed by atoms with Gasteiger partial charge in [0.05, 0.1) is 5.02 Å². The lowest BCUT2D eigenvalue weighted by Crippen LogP contribution is -1.99. The Morgan fingerprint density at radius 3 is 2.43 bits per heavy atom. The molecular weight excluding hydrogens is 204 g/mol. The molecule has 0 saturated carbocycles. The van der Waals surface area contributed by atoms with Crippen molar-refractivity contribution in [3.63, 3.8) is 0 Å². The molecule has 76 valence electrons. The van der Waals surface area contributed by atoms with E-state index >= 15 is 0 Å².